The minimum atomic E-state index is 0.373. The molecule has 1 aromatic rings. The summed E-state index contributed by atoms with van der Waals surface area (Å²) in [6, 6.07) is 9.29. The van der Waals surface area contributed by atoms with Crippen LogP contribution in [-0.4, -0.2) is 26.2 Å². The van der Waals surface area contributed by atoms with E-state index in [0.717, 1.165) is 38.8 Å². The number of anilines is 1. The van der Waals surface area contributed by atoms with Gasteiger partial charge < -0.3 is 10.2 Å². The Morgan fingerprint density at radius 3 is 3.00 bits per heavy atom. The van der Waals surface area contributed by atoms with Gasteiger partial charge in [-0.05, 0) is 56.5 Å². The fraction of sp³-hybridized carbons (Fsp3) is 0.400. The molecule has 22 heavy (non-hydrogen) atoms. The van der Waals surface area contributed by atoms with Gasteiger partial charge >= 0.3 is 0 Å². The van der Waals surface area contributed by atoms with E-state index in [1.807, 2.05) is 7.05 Å². The molecule has 0 amide bonds. The van der Waals surface area contributed by atoms with Gasteiger partial charge in [0.1, 0.15) is 0 Å². The normalized spacial score (nSPS) is 23.4. The molecule has 0 radical (unpaired) electrons. The molecule has 2 nitrogen and oxygen atoms in total. The lowest BCUT2D eigenvalue weighted by molar-refractivity contribution is 0.668. The van der Waals surface area contributed by atoms with E-state index < -0.39 is 0 Å². The number of nitrogens with one attached hydrogen (secondary N) is 1. The van der Waals surface area contributed by atoms with Crippen molar-refractivity contribution in [2.45, 2.75) is 31.7 Å². The Hall–Kier alpha value is -1.80. The van der Waals surface area contributed by atoms with Gasteiger partial charge in [0.15, 0.2) is 0 Å². The van der Waals surface area contributed by atoms with Gasteiger partial charge in [0.25, 0.3) is 0 Å². The largest absolute Gasteiger partial charge is 0.361 e. The van der Waals surface area contributed by atoms with Crippen LogP contribution in [-0.2, 0) is 6.42 Å². The third kappa shape index (κ3) is 3.50. The van der Waals surface area contributed by atoms with Crippen molar-refractivity contribution in [3.63, 3.8) is 0 Å². The van der Waals surface area contributed by atoms with E-state index in [4.69, 9.17) is 0 Å². The molecule has 1 aromatic carbocycles. The Kier molecular flexibility index (Phi) is 5.12. The molecule has 2 aliphatic rings. The highest BCUT2D eigenvalue weighted by molar-refractivity contribution is 5.58. The fourth-order valence-corrected chi connectivity index (χ4v) is 3.34. The predicted molar refractivity (Wildman–Crippen MR) is 95.4 cm³/mol. The van der Waals surface area contributed by atoms with Gasteiger partial charge in [-0.1, -0.05) is 48.6 Å². The number of nitrogens with zero attached hydrogens (tertiary/aromatic N) is 1. The number of hydrogen-bond acceptors (Lipinski definition) is 2. The van der Waals surface area contributed by atoms with E-state index in [9.17, 15) is 0 Å². The van der Waals surface area contributed by atoms with Crippen LogP contribution < -0.4 is 10.2 Å². The van der Waals surface area contributed by atoms with E-state index in [-0.39, 0.29) is 0 Å². The molecule has 1 heterocycles. The van der Waals surface area contributed by atoms with Crippen molar-refractivity contribution in [3.8, 4) is 0 Å². The second kappa shape index (κ2) is 7.46. The van der Waals surface area contributed by atoms with Gasteiger partial charge in [-0.15, -0.1) is 0 Å². The van der Waals surface area contributed by atoms with E-state index in [1.165, 1.54) is 16.8 Å². The van der Waals surface area contributed by atoms with Crippen LogP contribution in [0.2, 0.25) is 0 Å². The van der Waals surface area contributed by atoms with Gasteiger partial charge in [-0.2, -0.15) is 0 Å². The third-order valence-electron chi connectivity index (χ3n) is 4.49. The molecule has 1 atom stereocenters. The second-order valence-electron chi connectivity index (χ2n) is 6.08. The summed E-state index contributed by atoms with van der Waals surface area (Å²) in [5, 5.41) is 3.27. The number of benzene rings is 1. The Labute approximate surface area is 134 Å². The highest BCUT2D eigenvalue weighted by Crippen LogP contribution is 2.30. The van der Waals surface area contributed by atoms with Crippen LogP contribution in [0.1, 0.15) is 24.8 Å². The smallest absolute Gasteiger partial charge is 0.0663 e. The van der Waals surface area contributed by atoms with Crippen molar-refractivity contribution in [1.82, 2.24) is 5.32 Å². The van der Waals surface area contributed by atoms with Crippen LogP contribution in [0.3, 0.4) is 0 Å². The fourth-order valence-electron chi connectivity index (χ4n) is 3.34. The van der Waals surface area contributed by atoms with Crippen molar-refractivity contribution >= 4 is 5.69 Å². The van der Waals surface area contributed by atoms with Gasteiger partial charge in [-0.3, -0.25) is 0 Å². The lowest BCUT2D eigenvalue weighted by Crippen LogP contribution is -2.36. The summed E-state index contributed by atoms with van der Waals surface area (Å²) in [7, 11) is 2.03. The molecule has 0 saturated heterocycles. The molecular weight excluding hydrogens is 268 g/mol. The molecule has 1 aliphatic carbocycles. The maximum absolute atomic E-state index is 3.27. The van der Waals surface area contributed by atoms with Gasteiger partial charge in [-0.25, -0.2) is 0 Å². The molecule has 1 unspecified atom stereocenters. The van der Waals surface area contributed by atoms with Crippen LogP contribution in [0.5, 0.6) is 0 Å². The first-order valence-electron chi connectivity index (χ1n) is 8.41. The van der Waals surface area contributed by atoms with Crippen LogP contribution in [0, 0.1) is 0 Å². The van der Waals surface area contributed by atoms with E-state index in [1.54, 1.807) is 0 Å². The summed E-state index contributed by atoms with van der Waals surface area (Å²) in [6.07, 6.45) is 16.2. The van der Waals surface area contributed by atoms with Crippen LogP contribution in [0.4, 0.5) is 5.69 Å². The average molecular weight is 294 g/mol. The van der Waals surface area contributed by atoms with Crippen LogP contribution >= 0.6 is 0 Å². The standard InChI is InChI=1S/C20H26N2/c1-21-14-7-15-22-19-10-4-2-3-8-17(16-19)12-13-18-9-5-6-11-20(18)22/h3-6,8-11,16,19,21H,2,7,12-15H2,1H3/b8-3-,10-4-,17-16?. The minimum Gasteiger partial charge on any atom is -0.361 e. The Balaban J connectivity index is 1.96. The summed E-state index contributed by atoms with van der Waals surface area (Å²) in [4.78, 5) is 2.57. The molecule has 0 aromatic heterocycles. The summed E-state index contributed by atoms with van der Waals surface area (Å²) < 4.78 is 0. The number of rotatable bonds is 4. The average Bonchev–Trinajstić information content (AvgIpc) is 2.50. The highest BCUT2D eigenvalue weighted by Gasteiger charge is 2.20. The number of fused-ring (bicyclic) bond motifs is 2. The zero-order valence-corrected chi connectivity index (χ0v) is 13.5. The molecule has 2 heteroatoms. The summed E-state index contributed by atoms with van der Waals surface area (Å²) >= 11 is 0. The van der Waals surface area contributed by atoms with Crippen LogP contribution in [0.25, 0.3) is 0 Å². The SMILES string of the molecule is CNCCCN1c2ccccc2CCC2=CC1/C=C\C/C=C\2. The quantitative estimate of drug-likeness (QED) is 0.670. The Morgan fingerprint density at radius 1 is 1.18 bits per heavy atom. The predicted octanol–water partition coefficient (Wildman–Crippen LogP) is 3.86. The van der Waals surface area contributed by atoms with Crippen molar-refractivity contribution in [2.75, 3.05) is 25.0 Å². The monoisotopic (exact) mass is 294 g/mol. The lowest BCUT2D eigenvalue weighted by atomic mass is 9.95. The topological polar surface area (TPSA) is 15.3 Å². The Morgan fingerprint density at radius 2 is 2.09 bits per heavy atom. The molecule has 116 valence electrons. The van der Waals surface area contributed by atoms with Gasteiger partial charge in [0, 0.05) is 12.2 Å². The second-order valence-corrected chi connectivity index (χ2v) is 6.08. The minimum absolute atomic E-state index is 0.373. The zero-order valence-electron chi connectivity index (χ0n) is 13.5. The third-order valence-corrected chi connectivity index (χ3v) is 4.49. The van der Waals surface area contributed by atoms with Crippen LogP contribution in [0.15, 0.2) is 60.2 Å². The summed E-state index contributed by atoms with van der Waals surface area (Å²) in [6.45, 7) is 2.14. The molecule has 3 rings (SSSR count). The van der Waals surface area contributed by atoms with E-state index >= 15 is 0 Å². The van der Waals surface area contributed by atoms with Gasteiger partial charge in [0.05, 0.1) is 6.04 Å². The van der Waals surface area contributed by atoms with Crippen molar-refractivity contribution in [1.29, 1.82) is 0 Å². The molecule has 0 spiro atoms. The first-order valence-corrected chi connectivity index (χ1v) is 8.41. The summed E-state index contributed by atoms with van der Waals surface area (Å²) in [5.41, 5.74) is 4.36. The van der Waals surface area contributed by atoms with Crippen molar-refractivity contribution < 1.29 is 0 Å². The maximum Gasteiger partial charge on any atom is 0.0663 e. The van der Waals surface area contributed by atoms with Crippen molar-refractivity contribution in [2.24, 2.45) is 0 Å². The molecule has 0 fully saturated rings. The number of allylic oxidation sites excluding steroid dienone is 4. The van der Waals surface area contributed by atoms with E-state index in [0.29, 0.717) is 6.04 Å². The van der Waals surface area contributed by atoms with Gasteiger partial charge in [0.2, 0.25) is 0 Å². The molecule has 1 aliphatic heterocycles. The number of aryl methyl sites for hydroxylation is 1. The number of para-hydroxylation sites is 1. The molecule has 0 saturated carbocycles. The molecule has 2 bridgehead atoms. The lowest BCUT2D eigenvalue weighted by Gasteiger charge is -2.34. The zero-order chi connectivity index (χ0) is 15.2. The molecule has 1 N–H and O–H groups in total. The van der Waals surface area contributed by atoms with E-state index in [2.05, 4.69) is 64.9 Å². The molecular formula is C20H26N2. The highest BCUT2D eigenvalue weighted by atomic mass is 15.2. The Bertz CT molecular complexity index is 583. The summed E-state index contributed by atoms with van der Waals surface area (Å²) in [5.74, 6) is 0. The number of hydrogen-bond donors (Lipinski definition) is 1. The van der Waals surface area contributed by atoms with Crippen molar-refractivity contribution in [3.05, 3.63) is 65.8 Å². The maximum atomic E-state index is 3.27. The first kappa shape index (κ1) is 15.1. The first-order chi connectivity index (χ1) is 10.9.